The predicted octanol–water partition coefficient (Wildman–Crippen LogP) is 5.49. The van der Waals surface area contributed by atoms with Crippen LogP contribution in [0.1, 0.15) is 24.5 Å². The second kappa shape index (κ2) is 12.1. The Kier molecular flexibility index (Phi) is 9.17. The molecule has 0 saturated heterocycles. The van der Waals surface area contributed by atoms with Crippen molar-refractivity contribution in [1.29, 1.82) is 0 Å². The minimum Gasteiger partial charge on any atom is -0.494 e. The van der Waals surface area contributed by atoms with Crippen LogP contribution in [0.15, 0.2) is 82.8 Å². The molecular formula is C25H23ClF3N3O4S. The van der Waals surface area contributed by atoms with E-state index in [0.29, 0.717) is 28.3 Å². The highest BCUT2D eigenvalue weighted by Crippen LogP contribution is 2.38. The van der Waals surface area contributed by atoms with Crippen molar-refractivity contribution in [2.75, 3.05) is 17.5 Å². The van der Waals surface area contributed by atoms with Crippen molar-refractivity contribution in [2.45, 2.75) is 24.4 Å². The quantitative estimate of drug-likeness (QED) is 0.265. The largest absolute Gasteiger partial charge is 0.494 e. The first kappa shape index (κ1) is 28.0. The molecule has 3 aromatic carbocycles. The van der Waals surface area contributed by atoms with Gasteiger partial charge in [0.15, 0.2) is 0 Å². The number of alkyl halides is 3. The summed E-state index contributed by atoms with van der Waals surface area (Å²) >= 11 is 5.69. The van der Waals surface area contributed by atoms with Crippen molar-refractivity contribution in [3.05, 3.63) is 88.9 Å². The molecular weight excluding hydrogens is 531 g/mol. The Hall–Kier alpha value is -3.57. The molecule has 0 bridgehead atoms. The van der Waals surface area contributed by atoms with Gasteiger partial charge in [-0.3, -0.25) is 9.10 Å². The number of ether oxygens (including phenoxy) is 1. The summed E-state index contributed by atoms with van der Waals surface area (Å²) in [5.74, 6) is -0.201. The molecule has 0 heterocycles. The monoisotopic (exact) mass is 553 g/mol. The minimum absolute atomic E-state index is 0.208. The number of nitrogens with zero attached hydrogens (tertiary/aromatic N) is 2. The number of nitrogens with one attached hydrogen (secondary N) is 1. The fraction of sp³-hybridized carbons (Fsp3) is 0.200. The third-order valence-electron chi connectivity index (χ3n) is 4.92. The Bertz CT molecular complexity index is 1350. The topological polar surface area (TPSA) is 88.1 Å². The predicted molar refractivity (Wildman–Crippen MR) is 135 cm³/mol. The first-order valence-electron chi connectivity index (χ1n) is 11.0. The lowest BCUT2D eigenvalue weighted by atomic mass is 10.2. The van der Waals surface area contributed by atoms with E-state index in [1.54, 1.807) is 30.3 Å². The van der Waals surface area contributed by atoms with E-state index < -0.39 is 39.2 Å². The van der Waals surface area contributed by atoms with Crippen LogP contribution in [0.2, 0.25) is 5.02 Å². The van der Waals surface area contributed by atoms with Crippen LogP contribution in [0.5, 0.6) is 5.75 Å². The molecule has 7 nitrogen and oxygen atoms in total. The molecule has 0 aliphatic heterocycles. The number of carbonyl (C=O) groups excluding carboxylic acids is 1. The van der Waals surface area contributed by atoms with Gasteiger partial charge >= 0.3 is 6.18 Å². The molecule has 0 aromatic heterocycles. The van der Waals surface area contributed by atoms with Crippen molar-refractivity contribution in [3.8, 4) is 5.75 Å². The van der Waals surface area contributed by atoms with Gasteiger partial charge in [-0.1, -0.05) is 36.7 Å². The van der Waals surface area contributed by atoms with E-state index in [1.807, 2.05) is 6.92 Å². The van der Waals surface area contributed by atoms with E-state index in [-0.39, 0.29) is 10.6 Å². The van der Waals surface area contributed by atoms with Crippen LogP contribution >= 0.6 is 11.6 Å². The number of rotatable bonds is 10. The molecule has 0 spiro atoms. The Morgan fingerprint density at radius 1 is 1.08 bits per heavy atom. The lowest BCUT2D eigenvalue weighted by Crippen LogP contribution is -2.39. The molecule has 196 valence electrons. The maximum absolute atomic E-state index is 13.4. The molecule has 1 N–H and O–H groups in total. The number of hydrazone groups is 1. The van der Waals surface area contributed by atoms with Crippen molar-refractivity contribution >= 4 is 39.4 Å². The van der Waals surface area contributed by atoms with Crippen LogP contribution < -0.4 is 14.5 Å². The first-order chi connectivity index (χ1) is 17.5. The normalized spacial score (nSPS) is 11.9. The van der Waals surface area contributed by atoms with E-state index in [1.165, 1.54) is 30.5 Å². The molecule has 0 aliphatic rings. The smallest absolute Gasteiger partial charge is 0.417 e. The Labute approximate surface area is 217 Å². The molecule has 0 fully saturated rings. The van der Waals surface area contributed by atoms with Gasteiger partial charge in [0.1, 0.15) is 12.3 Å². The van der Waals surface area contributed by atoms with Gasteiger partial charge in [-0.15, -0.1) is 0 Å². The van der Waals surface area contributed by atoms with Gasteiger partial charge in [0.2, 0.25) is 0 Å². The number of hydrogen-bond donors (Lipinski definition) is 1. The summed E-state index contributed by atoms with van der Waals surface area (Å²) in [6.07, 6.45) is -2.64. The lowest BCUT2D eigenvalue weighted by molar-refractivity contribution is -0.137. The van der Waals surface area contributed by atoms with E-state index in [9.17, 15) is 26.4 Å². The van der Waals surface area contributed by atoms with Gasteiger partial charge in [0.05, 0.1) is 34.0 Å². The number of anilines is 1. The van der Waals surface area contributed by atoms with Gasteiger partial charge in [-0.05, 0) is 66.6 Å². The summed E-state index contributed by atoms with van der Waals surface area (Å²) in [6, 6.07) is 16.5. The number of benzene rings is 3. The number of hydrogen-bond acceptors (Lipinski definition) is 5. The van der Waals surface area contributed by atoms with Crippen LogP contribution in [0, 0.1) is 0 Å². The highest BCUT2D eigenvalue weighted by molar-refractivity contribution is 7.92. The maximum Gasteiger partial charge on any atom is 0.417 e. The molecule has 0 radical (unpaired) electrons. The fourth-order valence-corrected chi connectivity index (χ4v) is 4.79. The molecule has 0 unspecified atom stereocenters. The van der Waals surface area contributed by atoms with Gasteiger partial charge in [-0.25, -0.2) is 13.8 Å². The average Bonchev–Trinajstić information content (AvgIpc) is 2.87. The molecule has 0 atom stereocenters. The summed E-state index contributed by atoms with van der Waals surface area (Å²) in [4.78, 5) is 12.4. The number of carbonyl (C=O) groups is 1. The second-order valence-corrected chi connectivity index (χ2v) is 9.97. The summed E-state index contributed by atoms with van der Waals surface area (Å²) < 4.78 is 72.9. The standard InChI is InChI=1S/C25H23ClF3N3O4S/c1-2-14-36-20-11-8-18(9-12-20)16-30-31-24(33)17-32(37(34,35)21-6-4-3-5-7-21)19-10-13-23(26)22(15-19)25(27,28)29/h3-13,15-16H,2,14,17H2,1H3,(H,31,33)/b30-16-. The van der Waals surface area contributed by atoms with Crippen LogP contribution in [0.25, 0.3) is 0 Å². The van der Waals surface area contributed by atoms with Crippen LogP contribution in [0.4, 0.5) is 18.9 Å². The second-order valence-electron chi connectivity index (χ2n) is 7.70. The molecule has 12 heteroatoms. The van der Waals surface area contributed by atoms with Gasteiger partial charge < -0.3 is 4.74 Å². The Morgan fingerprint density at radius 3 is 2.38 bits per heavy atom. The highest BCUT2D eigenvalue weighted by Gasteiger charge is 2.35. The number of amides is 1. The molecule has 1 amide bonds. The Balaban J connectivity index is 1.84. The first-order valence-corrected chi connectivity index (χ1v) is 12.8. The van der Waals surface area contributed by atoms with E-state index >= 15 is 0 Å². The van der Waals surface area contributed by atoms with Crippen LogP contribution in [-0.4, -0.2) is 33.7 Å². The fourth-order valence-electron chi connectivity index (χ4n) is 3.13. The number of halogens is 4. The zero-order valence-electron chi connectivity index (χ0n) is 19.6. The van der Waals surface area contributed by atoms with Gasteiger partial charge in [0, 0.05) is 0 Å². The average molecular weight is 554 g/mol. The van der Waals surface area contributed by atoms with E-state index in [0.717, 1.165) is 18.6 Å². The van der Waals surface area contributed by atoms with Crippen LogP contribution in [-0.2, 0) is 21.0 Å². The zero-order valence-corrected chi connectivity index (χ0v) is 21.1. The maximum atomic E-state index is 13.4. The SMILES string of the molecule is CCCOc1ccc(/C=N\NC(=O)CN(c2ccc(Cl)c(C(F)(F)F)c2)S(=O)(=O)c2ccccc2)cc1. The van der Waals surface area contributed by atoms with Gasteiger partial charge in [-0.2, -0.15) is 18.3 Å². The minimum atomic E-state index is -4.83. The lowest BCUT2D eigenvalue weighted by Gasteiger charge is -2.24. The summed E-state index contributed by atoms with van der Waals surface area (Å²) in [7, 11) is -4.42. The molecule has 0 aliphatic carbocycles. The van der Waals surface area contributed by atoms with Crippen LogP contribution in [0.3, 0.4) is 0 Å². The zero-order chi connectivity index (χ0) is 27.1. The summed E-state index contributed by atoms with van der Waals surface area (Å²) in [5, 5.41) is 3.21. The summed E-state index contributed by atoms with van der Waals surface area (Å²) in [6.45, 7) is 1.72. The molecule has 0 saturated carbocycles. The molecule has 37 heavy (non-hydrogen) atoms. The third-order valence-corrected chi connectivity index (χ3v) is 7.04. The highest BCUT2D eigenvalue weighted by atomic mass is 35.5. The van der Waals surface area contributed by atoms with Crippen molar-refractivity contribution in [1.82, 2.24) is 5.43 Å². The summed E-state index contributed by atoms with van der Waals surface area (Å²) in [5.41, 5.74) is 1.22. The Morgan fingerprint density at radius 2 is 1.76 bits per heavy atom. The third kappa shape index (κ3) is 7.46. The van der Waals surface area contributed by atoms with Crippen molar-refractivity contribution in [2.24, 2.45) is 5.10 Å². The van der Waals surface area contributed by atoms with E-state index in [2.05, 4.69) is 10.5 Å². The van der Waals surface area contributed by atoms with Crippen molar-refractivity contribution in [3.63, 3.8) is 0 Å². The number of sulfonamides is 1. The molecule has 3 rings (SSSR count). The van der Waals surface area contributed by atoms with Gasteiger partial charge in [0.25, 0.3) is 15.9 Å². The molecule has 3 aromatic rings. The van der Waals surface area contributed by atoms with Crippen molar-refractivity contribution < 1.29 is 31.1 Å². The van der Waals surface area contributed by atoms with E-state index in [4.69, 9.17) is 16.3 Å².